The summed E-state index contributed by atoms with van der Waals surface area (Å²) < 4.78 is 6.51. The predicted molar refractivity (Wildman–Crippen MR) is 156 cm³/mol. The Labute approximate surface area is 246 Å². The van der Waals surface area contributed by atoms with E-state index in [-0.39, 0.29) is 35.5 Å². The van der Waals surface area contributed by atoms with Crippen LogP contribution in [0.15, 0.2) is 48.5 Å². The van der Waals surface area contributed by atoms with Crippen LogP contribution in [0.5, 0.6) is 0 Å². The summed E-state index contributed by atoms with van der Waals surface area (Å²) in [5.74, 6) is -2.73. The molecule has 4 saturated heterocycles. The molecule has 4 N–H and O–H groups in total. The number of nitrogens with one attached hydrogen (secondary N) is 1. The summed E-state index contributed by atoms with van der Waals surface area (Å²) in [5, 5.41) is 15.3. The topological polar surface area (TPSA) is 125 Å². The van der Waals surface area contributed by atoms with E-state index in [0.717, 1.165) is 17.5 Å². The number of carbonyl (C=O) groups is 3. The van der Waals surface area contributed by atoms with Gasteiger partial charge in [0.1, 0.15) is 5.72 Å². The maximum Gasteiger partial charge on any atom is 0.226 e. The molecule has 9 heteroatoms. The van der Waals surface area contributed by atoms with E-state index in [0.29, 0.717) is 56.4 Å². The first-order chi connectivity index (χ1) is 20.1. The Morgan fingerprint density at radius 1 is 1.17 bits per heavy atom. The van der Waals surface area contributed by atoms with Crippen molar-refractivity contribution in [2.75, 3.05) is 25.9 Å². The Bertz CT molecular complexity index is 1430. The van der Waals surface area contributed by atoms with E-state index < -0.39 is 29.4 Å². The molecular weight excluding hydrogens is 532 g/mol. The number of benzene rings is 2. The minimum atomic E-state index is -1.53. The van der Waals surface area contributed by atoms with Crippen LogP contribution in [0.1, 0.15) is 66.4 Å². The predicted octanol–water partition coefficient (Wildman–Crippen LogP) is 2.68. The summed E-state index contributed by atoms with van der Waals surface area (Å²) >= 11 is 0. The highest BCUT2D eigenvalue weighted by Gasteiger charge is 2.66. The molecule has 222 valence electrons. The molecule has 42 heavy (non-hydrogen) atoms. The van der Waals surface area contributed by atoms with Crippen LogP contribution in [0.2, 0.25) is 0 Å². The number of ketones is 1. The summed E-state index contributed by atoms with van der Waals surface area (Å²) in [6, 6.07) is 15.1. The van der Waals surface area contributed by atoms with Gasteiger partial charge in [-0.3, -0.25) is 14.4 Å². The number of likely N-dealkylation sites (tertiary alicyclic amines) is 1. The van der Waals surface area contributed by atoms with E-state index in [1.807, 2.05) is 56.4 Å². The Morgan fingerprint density at radius 2 is 1.95 bits per heavy atom. The lowest BCUT2D eigenvalue weighted by Gasteiger charge is -2.47. The molecule has 9 nitrogen and oxygen atoms in total. The fourth-order valence-corrected chi connectivity index (χ4v) is 8.83. The van der Waals surface area contributed by atoms with E-state index in [4.69, 9.17) is 10.5 Å². The Balaban J connectivity index is 1.13. The van der Waals surface area contributed by atoms with Crippen molar-refractivity contribution in [3.8, 4) is 0 Å². The number of amides is 2. The van der Waals surface area contributed by atoms with E-state index in [1.54, 1.807) is 11.0 Å². The van der Waals surface area contributed by atoms with Gasteiger partial charge in [0.2, 0.25) is 11.8 Å². The maximum absolute atomic E-state index is 13.9. The quantitative estimate of drug-likeness (QED) is 0.481. The largest absolute Gasteiger partial charge is 0.398 e. The molecule has 2 aromatic rings. The smallest absolute Gasteiger partial charge is 0.226 e. The molecule has 4 fully saturated rings. The summed E-state index contributed by atoms with van der Waals surface area (Å²) in [6.07, 6.45) is 3.35. The van der Waals surface area contributed by atoms with Gasteiger partial charge < -0.3 is 30.7 Å². The SMILES string of the molecule is CN1C[C@H](C(=O)N[C@@]2(C)CC3[C@@H](Cc4ccccc4)C(=O)N4CCCC4[C@]3(O)O2)C[C@@H]2c3cccc(N)c3C(=O)C[C@H]21. The summed E-state index contributed by atoms with van der Waals surface area (Å²) in [4.78, 5) is 44.5. The number of piperidine rings is 2. The number of Topliss-reactive ketones (excluding diaryl/α,β-unsaturated/α-hetero) is 1. The first-order valence-corrected chi connectivity index (χ1v) is 15.3. The molecule has 0 saturated carbocycles. The molecule has 0 spiro atoms. The van der Waals surface area contributed by atoms with Gasteiger partial charge in [0.15, 0.2) is 11.6 Å². The van der Waals surface area contributed by atoms with Gasteiger partial charge in [-0.2, -0.15) is 0 Å². The fourth-order valence-electron chi connectivity index (χ4n) is 8.83. The standard InChI is InChI=1S/C33H40N4O5/c1-32(35-30(39)20-15-22-21-10-6-11-25(34)29(21)27(38)16-26(22)36(2)18-20)17-24-23(14-19-8-4-3-5-9-19)31(40)37-13-7-12-28(37)33(24,41)42-32/h3-6,8-11,20,22-24,26,28,41H,7,12-18,34H2,1-2H3,(H,35,39)/t20-,22-,23-,24?,26-,28?,32-,33-/m1/s1. The van der Waals surface area contributed by atoms with E-state index in [9.17, 15) is 19.5 Å². The van der Waals surface area contributed by atoms with E-state index in [1.165, 1.54) is 0 Å². The number of ether oxygens (including phenoxy) is 1. The van der Waals surface area contributed by atoms with Crippen molar-refractivity contribution in [2.24, 2.45) is 17.8 Å². The zero-order chi connectivity index (χ0) is 29.4. The van der Waals surface area contributed by atoms with Crippen LogP contribution in [-0.4, -0.2) is 76.2 Å². The minimum Gasteiger partial charge on any atom is -0.398 e. The number of rotatable bonds is 4. The summed E-state index contributed by atoms with van der Waals surface area (Å²) in [7, 11) is 1.97. The monoisotopic (exact) mass is 572 g/mol. The number of anilines is 1. The summed E-state index contributed by atoms with van der Waals surface area (Å²) in [5.41, 5.74) is 8.14. The van der Waals surface area contributed by atoms with Gasteiger partial charge in [-0.15, -0.1) is 0 Å². The highest BCUT2D eigenvalue weighted by molar-refractivity contribution is 6.04. The number of likely N-dealkylation sites (N-methyl/N-ethyl adjacent to an activating group) is 1. The van der Waals surface area contributed by atoms with Gasteiger partial charge in [0, 0.05) is 55.1 Å². The minimum absolute atomic E-state index is 0.0136. The van der Waals surface area contributed by atoms with Crippen LogP contribution in [-0.2, 0) is 20.7 Å². The van der Waals surface area contributed by atoms with Gasteiger partial charge in [0.05, 0.1) is 17.9 Å². The number of nitrogens with zero attached hydrogens (tertiary/aromatic N) is 2. The molecule has 8 atom stereocenters. The number of nitrogen functional groups attached to an aromatic ring is 1. The van der Waals surface area contributed by atoms with Crippen LogP contribution in [0.25, 0.3) is 0 Å². The molecule has 1 aliphatic carbocycles. The van der Waals surface area contributed by atoms with E-state index in [2.05, 4.69) is 10.2 Å². The number of aliphatic hydroxyl groups is 1. The van der Waals surface area contributed by atoms with Crippen LogP contribution >= 0.6 is 0 Å². The first-order valence-electron chi connectivity index (χ1n) is 15.3. The molecule has 2 amide bonds. The molecule has 0 radical (unpaired) electrons. The van der Waals surface area contributed by atoms with Crippen molar-refractivity contribution in [1.82, 2.24) is 15.1 Å². The normalized spacial score (nSPS) is 37.5. The molecule has 4 aliphatic heterocycles. The van der Waals surface area contributed by atoms with Crippen molar-refractivity contribution in [1.29, 1.82) is 0 Å². The average Bonchev–Trinajstić information content (AvgIpc) is 3.56. The lowest BCUT2D eigenvalue weighted by Crippen LogP contribution is -2.64. The highest BCUT2D eigenvalue weighted by Crippen LogP contribution is 2.53. The fraction of sp³-hybridized carbons (Fsp3) is 0.545. The zero-order valence-electron chi connectivity index (χ0n) is 24.3. The Morgan fingerprint density at radius 3 is 2.74 bits per heavy atom. The molecule has 7 rings (SSSR count). The lowest BCUT2D eigenvalue weighted by molar-refractivity contribution is -0.281. The van der Waals surface area contributed by atoms with Gasteiger partial charge in [-0.05, 0) is 56.8 Å². The van der Waals surface area contributed by atoms with E-state index >= 15 is 0 Å². The van der Waals surface area contributed by atoms with Crippen molar-refractivity contribution < 1.29 is 24.2 Å². The first kappa shape index (κ1) is 27.6. The third kappa shape index (κ3) is 4.28. The van der Waals surface area contributed by atoms with Crippen molar-refractivity contribution in [3.05, 3.63) is 65.2 Å². The number of hydrogen-bond acceptors (Lipinski definition) is 7. The maximum atomic E-state index is 13.9. The van der Waals surface area contributed by atoms with Crippen LogP contribution in [0.3, 0.4) is 0 Å². The number of nitrogens with two attached hydrogens (primary N) is 1. The third-order valence-corrected chi connectivity index (χ3v) is 10.7. The molecule has 2 aromatic carbocycles. The van der Waals surface area contributed by atoms with Gasteiger partial charge >= 0.3 is 0 Å². The molecule has 2 unspecified atom stereocenters. The van der Waals surface area contributed by atoms with Crippen LogP contribution in [0.4, 0.5) is 5.69 Å². The number of fused-ring (bicyclic) bond motifs is 6. The third-order valence-electron chi connectivity index (χ3n) is 10.7. The molecular formula is C33H40N4O5. The molecule has 0 bridgehead atoms. The molecule has 4 heterocycles. The zero-order valence-corrected chi connectivity index (χ0v) is 24.3. The number of hydrogen-bond donors (Lipinski definition) is 3. The average molecular weight is 573 g/mol. The van der Waals surface area contributed by atoms with Gasteiger partial charge in [-0.1, -0.05) is 42.5 Å². The van der Waals surface area contributed by atoms with Gasteiger partial charge in [-0.25, -0.2) is 0 Å². The second kappa shape index (κ2) is 9.89. The Hall–Kier alpha value is -3.27. The van der Waals surface area contributed by atoms with Crippen LogP contribution < -0.4 is 11.1 Å². The summed E-state index contributed by atoms with van der Waals surface area (Å²) in [6.45, 7) is 2.96. The second-order valence-corrected chi connectivity index (χ2v) is 13.4. The lowest BCUT2D eigenvalue weighted by atomic mass is 9.70. The Kier molecular flexibility index (Phi) is 6.49. The number of carbonyl (C=O) groups excluding carboxylic acids is 3. The van der Waals surface area contributed by atoms with Crippen LogP contribution in [0, 0.1) is 17.8 Å². The van der Waals surface area contributed by atoms with Crippen molar-refractivity contribution >= 4 is 23.3 Å². The highest BCUT2D eigenvalue weighted by atomic mass is 16.7. The molecule has 5 aliphatic rings. The molecule has 0 aromatic heterocycles. The van der Waals surface area contributed by atoms with Gasteiger partial charge in [0.25, 0.3) is 0 Å². The van der Waals surface area contributed by atoms with Crippen molar-refractivity contribution in [3.63, 3.8) is 0 Å². The second-order valence-electron chi connectivity index (χ2n) is 13.4. The van der Waals surface area contributed by atoms with Crippen molar-refractivity contribution in [2.45, 2.75) is 75.0 Å².